The number of fused-ring (bicyclic) bond motifs is 1. The zero-order valence-corrected chi connectivity index (χ0v) is 34.2. The van der Waals surface area contributed by atoms with Gasteiger partial charge in [-0.2, -0.15) is 5.26 Å². The smallest absolute Gasteiger partial charge is 0.262 e. The number of imide groups is 2. The average Bonchev–Trinajstić information content (AvgIpc) is 3.90. The molecule has 5 heterocycles. The first kappa shape index (κ1) is 41.5. The number of carbonyl (C=O) groups is 4. The summed E-state index contributed by atoms with van der Waals surface area (Å²) in [6, 6.07) is 9.15. The number of nitriles is 1. The van der Waals surface area contributed by atoms with Crippen molar-refractivity contribution < 1.29 is 33.0 Å². The van der Waals surface area contributed by atoms with Gasteiger partial charge in [0.2, 0.25) is 11.8 Å². The van der Waals surface area contributed by atoms with Gasteiger partial charge >= 0.3 is 0 Å². The zero-order chi connectivity index (χ0) is 41.3. The minimum Gasteiger partial charge on any atom is -0.490 e. The Morgan fingerprint density at radius 3 is 2.42 bits per heavy atom. The quantitative estimate of drug-likeness (QED) is 0.132. The van der Waals surface area contributed by atoms with Crippen molar-refractivity contribution in [3.05, 3.63) is 57.9 Å². The van der Waals surface area contributed by atoms with Crippen molar-refractivity contribution in [3.8, 4) is 11.8 Å². The molecule has 1 saturated carbocycles. The number of ether oxygens (including phenoxy) is 2. The van der Waals surface area contributed by atoms with Crippen molar-refractivity contribution in [3.63, 3.8) is 0 Å². The molecule has 4 saturated heterocycles. The van der Waals surface area contributed by atoms with Gasteiger partial charge in [0, 0.05) is 63.2 Å². The summed E-state index contributed by atoms with van der Waals surface area (Å²) >= 11 is 6.18. The molecule has 3 unspecified atom stereocenters. The van der Waals surface area contributed by atoms with Crippen LogP contribution in [-0.2, 0) is 14.3 Å². The monoisotopic (exact) mass is 833 g/mol. The molecule has 5 aliphatic heterocycles. The summed E-state index contributed by atoms with van der Waals surface area (Å²) in [6.07, 6.45) is 7.78. The number of carbonyl (C=O) groups excluding carboxylic acids is 4. The van der Waals surface area contributed by atoms with Gasteiger partial charge in [0.05, 0.1) is 33.5 Å². The molecule has 5 fully saturated rings. The second-order valence-corrected chi connectivity index (χ2v) is 17.4. The van der Waals surface area contributed by atoms with Crippen LogP contribution in [0.2, 0.25) is 5.02 Å². The van der Waals surface area contributed by atoms with Gasteiger partial charge in [-0.25, -0.2) is 9.82 Å². The van der Waals surface area contributed by atoms with E-state index in [1.54, 1.807) is 18.2 Å². The Morgan fingerprint density at radius 2 is 1.71 bits per heavy atom. The van der Waals surface area contributed by atoms with Crippen LogP contribution in [0.1, 0.15) is 90.5 Å². The highest BCUT2D eigenvalue weighted by molar-refractivity contribution is 6.31. The molecule has 2 aromatic carbocycles. The Labute approximate surface area is 348 Å². The fourth-order valence-electron chi connectivity index (χ4n) is 9.96. The third-order valence-electron chi connectivity index (χ3n) is 13.2. The van der Waals surface area contributed by atoms with E-state index in [2.05, 4.69) is 37.4 Å². The Bertz CT molecular complexity index is 1990. The van der Waals surface area contributed by atoms with Gasteiger partial charge in [-0.3, -0.25) is 45.0 Å². The number of hydrogen-bond acceptors (Lipinski definition) is 13. The summed E-state index contributed by atoms with van der Waals surface area (Å²) in [5.41, 5.74) is 7.17. The van der Waals surface area contributed by atoms with Crippen LogP contribution in [0, 0.1) is 28.5 Å². The molecule has 8 rings (SSSR count). The molecule has 316 valence electrons. The maximum atomic E-state index is 15.7. The molecule has 15 nitrogen and oxygen atoms in total. The van der Waals surface area contributed by atoms with Crippen LogP contribution in [0.4, 0.5) is 10.1 Å². The summed E-state index contributed by atoms with van der Waals surface area (Å²) < 4.78 is 28.1. The molecule has 1 aliphatic carbocycles. The largest absolute Gasteiger partial charge is 0.490 e. The lowest BCUT2D eigenvalue weighted by Gasteiger charge is -2.38. The summed E-state index contributed by atoms with van der Waals surface area (Å²) in [5.74, 6) is -1.76. The van der Waals surface area contributed by atoms with Gasteiger partial charge < -0.3 is 19.3 Å². The molecule has 4 amide bonds. The molecular formula is C42H53ClFN9O6. The van der Waals surface area contributed by atoms with Crippen molar-refractivity contribution in [2.75, 3.05) is 64.5 Å². The van der Waals surface area contributed by atoms with Crippen LogP contribution in [0.5, 0.6) is 5.75 Å². The first-order chi connectivity index (χ1) is 28.5. The highest BCUT2D eigenvalue weighted by Gasteiger charge is 2.47. The number of halogens is 2. The number of nitrogens with one attached hydrogen (secondary N) is 4. The van der Waals surface area contributed by atoms with E-state index >= 15 is 4.39 Å². The van der Waals surface area contributed by atoms with E-state index in [9.17, 15) is 19.2 Å². The molecule has 0 bridgehead atoms. The molecule has 2 aromatic rings. The number of hydrogen-bond donors (Lipinski definition) is 4. The number of benzene rings is 2. The molecular weight excluding hydrogens is 781 g/mol. The SMILES string of the molecule is CNNC(OCN[C@H]1CC[C@H](Oc2ccc(C#N)c(Cl)c2)CC1)N1CCC(CN2CCC3(CCN(c4cc5c(cc4F)C(=O)N(C4CCC(=O)NC4=O)C5=O)C3)C2)CC1. The molecule has 0 aromatic heterocycles. The lowest BCUT2D eigenvalue weighted by atomic mass is 9.86. The van der Waals surface area contributed by atoms with Crippen molar-refractivity contribution >= 4 is 40.9 Å². The topological polar surface area (TPSA) is 172 Å². The number of nitrogens with zero attached hydrogens (tertiary/aromatic N) is 5. The van der Waals surface area contributed by atoms with E-state index in [4.69, 9.17) is 26.3 Å². The van der Waals surface area contributed by atoms with Gasteiger partial charge in [0.1, 0.15) is 30.4 Å². The van der Waals surface area contributed by atoms with Crippen molar-refractivity contribution in [1.29, 1.82) is 5.26 Å². The maximum Gasteiger partial charge on any atom is 0.262 e. The third kappa shape index (κ3) is 8.97. The summed E-state index contributed by atoms with van der Waals surface area (Å²) in [6.45, 7) is 6.53. The van der Waals surface area contributed by atoms with Crippen LogP contribution in [-0.4, -0.2) is 122 Å². The Morgan fingerprint density at radius 1 is 0.966 bits per heavy atom. The average molecular weight is 834 g/mol. The van der Waals surface area contributed by atoms with Gasteiger partial charge in [-0.1, -0.05) is 11.6 Å². The predicted octanol–water partition coefficient (Wildman–Crippen LogP) is 3.33. The van der Waals surface area contributed by atoms with E-state index < -0.39 is 35.5 Å². The van der Waals surface area contributed by atoms with Crippen LogP contribution in [0.25, 0.3) is 0 Å². The van der Waals surface area contributed by atoms with Gasteiger partial charge in [0.15, 0.2) is 6.35 Å². The minimum absolute atomic E-state index is 0.0264. The van der Waals surface area contributed by atoms with Crippen LogP contribution in [0.3, 0.4) is 0 Å². The van der Waals surface area contributed by atoms with Crippen molar-refractivity contribution in [1.82, 2.24) is 36.2 Å². The van der Waals surface area contributed by atoms with Crippen LogP contribution < -0.4 is 31.1 Å². The molecule has 0 radical (unpaired) electrons. The molecule has 17 heteroatoms. The Kier molecular flexibility index (Phi) is 12.5. The molecule has 59 heavy (non-hydrogen) atoms. The maximum absolute atomic E-state index is 15.7. The zero-order valence-electron chi connectivity index (χ0n) is 33.4. The second-order valence-electron chi connectivity index (χ2n) is 17.0. The first-order valence-electron chi connectivity index (χ1n) is 20.9. The van der Waals surface area contributed by atoms with Crippen LogP contribution in [0.15, 0.2) is 30.3 Å². The van der Waals surface area contributed by atoms with Gasteiger partial charge in [-0.05, 0) is 102 Å². The van der Waals surface area contributed by atoms with Gasteiger partial charge in [-0.15, -0.1) is 0 Å². The van der Waals surface area contributed by atoms with Crippen molar-refractivity contribution in [2.45, 2.75) is 88.7 Å². The second kappa shape index (κ2) is 17.8. The fraction of sp³-hybridized carbons (Fsp3) is 0.595. The summed E-state index contributed by atoms with van der Waals surface area (Å²) in [7, 11) is 1.85. The Hall–Kier alpha value is -4.21. The standard InChI is InChI=1S/C42H53ClFN9O6/c1-46-49-41(58-25-47-28-3-6-29(7-4-28)59-30-5-2-27(21-45)33(43)18-30)51-14-10-26(11-15-51)22-50-16-12-42(23-50)13-17-52(24-42)36-20-32-31(19-34(36)44)39(56)53(40(32)57)35-8-9-37(54)48-38(35)55/h2,5,18-20,26,28-29,35,41,46-47,49H,3-4,6-17,22-25H2,1H3,(H,48,54,55)/t28-,29-,35?,41?,42?. The van der Waals surface area contributed by atoms with Crippen LogP contribution >= 0.6 is 11.6 Å². The minimum atomic E-state index is -1.09. The highest BCUT2D eigenvalue weighted by atomic mass is 35.5. The van der Waals surface area contributed by atoms with Crippen molar-refractivity contribution in [2.24, 2.45) is 11.3 Å². The Balaban J connectivity index is 0.768. The third-order valence-corrected chi connectivity index (χ3v) is 13.5. The number of amides is 4. The van der Waals surface area contributed by atoms with E-state index in [1.165, 1.54) is 6.07 Å². The number of rotatable bonds is 13. The van der Waals surface area contributed by atoms with Gasteiger partial charge in [0.25, 0.3) is 11.8 Å². The fourth-order valence-corrected chi connectivity index (χ4v) is 10.2. The predicted molar refractivity (Wildman–Crippen MR) is 216 cm³/mol. The lowest BCUT2D eigenvalue weighted by molar-refractivity contribution is -0.136. The summed E-state index contributed by atoms with van der Waals surface area (Å²) in [5, 5.41) is 15.3. The number of anilines is 1. The first-order valence-corrected chi connectivity index (χ1v) is 21.3. The molecule has 3 atom stereocenters. The number of piperidine rings is 2. The normalized spacial score (nSPS) is 27.4. The van der Waals surface area contributed by atoms with E-state index in [0.29, 0.717) is 53.8 Å². The number of likely N-dealkylation sites (tertiary alicyclic amines) is 2. The van der Waals surface area contributed by atoms with E-state index in [-0.39, 0.29) is 41.8 Å². The molecule has 6 aliphatic rings. The molecule has 1 spiro atoms. The number of hydrazine groups is 1. The highest BCUT2D eigenvalue weighted by Crippen LogP contribution is 2.43. The molecule has 4 N–H and O–H groups in total. The summed E-state index contributed by atoms with van der Waals surface area (Å²) in [4.78, 5) is 58.5. The lowest BCUT2D eigenvalue weighted by Crippen LogP contribution is -2.55. The van der Waals surface area contributed by atoms with E-state index in [1.807, 2.05) is 11.9 Å². The van der Waals surface area contributed by atoms with E-state index in [0.717, 1.165) is 95.1 Å².